The fourth-order valence-corrected chi connectivity index (χ4v) is 1.50. The minimum Gasteiger partial charge on any atom is -0.351 e. The Morgan fingerprint density at radius 3 is 3.00 bits per heavy atom. The first-order valence-electron chi connectivity index (χ1n) is 5.64. The van der Waals surface area contributed by atoms with Gasteiger partial charge >= 0.3 is 0 Å². The highest BCUT2D eigenvalue weighted by Gasteiger charge is 2.06. The van der Waals surface area contributed by atoms with E-state index in [2.05, 4.69) is 15.4 Å². The largest absolute Gasteiger partial charge is 0.351 e. The molecule has 1 amide bonds. The fourth-order valence-electron chi connectivity index (χ4n) is 1.50. The van der Waals surface area contributed by atoms with Crippen LogP contribution in [0.25, 0.3) is 0 Å². The molecule has 0 aromatic carbocycles. The van der Waals surface area contributed by atoms with E-state index >= 15 is 0 Å². The number of hydrogen-bond donors (Lipinski definition) is 1. The van der Waals surface area contributed by atoms with Crippen molar-refractivity contribution in [2.45, 2.75) is 13.0 Å². The molecule has 0 fully saturated rings. The predicted octanol–water partition coefficient (Wildman–Crippen LogP) is 1.24. The molecule has 0 bridgehead atoms. The first-order chi connectivity index (χ1) is 8.75. The Labute approximate surface area is 104 Å². The highest BCUT2D eigenvalue weighted by Crippen LogP contribution is 1.97. The van der Waals surface area contributed by atoms with E-state index in [1.807, 2.05) is 12.3 Å². The van der Waals surface area contributed by atoms with Crippen molar-refractivity contribution in [3.05, 3.63) is 48.3 Å². The molecule has 0 atom stereocenters. The number of hydrogen-bond acceptors (Lipinski definition) is 3. The van der Waals surface area contributed by atoms with E-state index in [0.717, 1.165) is 13.0 Å². The zero-order chi connectivity index (χ0) is 12.8. The normalized spacial score (nSPS) is 10.3. The number of aryl methyl sites for hydroxylation is 1. The molecule has 94 valence electrons. The molecule has 1 N–H and O–H groups in total. The summed E-state index contributed by atoms with van der Waals surface area (Å²) in [4.78, 5) is 15.1. The maximum atomic E-state index is 12.8. The molecule has 18 heavy (non-hydrogen) atoms. The van der Waals surface area contributed by atoms with Crippen molar-refractivity contribution >= 4 is 5.91 Å². The molecular formula is C12H13FN4O. The standard InChI is InChI=1S/C12H13FN4O/c13-11-5-1-4-10(16-11)12(18)14-6-2-8-17-9-3-7-15-17/h1,3-5,7,9H,2,6,8H2,(H,14,18). The minimum atomic E-state index is -0.654. The van der Waals surface area contributed by atoms with Gasteiger partial charge in [0.2, 0.25) is 5.95 Å². The maximum absolute atomic E-state index is 12.8. The molecule has 5 nitrogen and oxygen atoms in total. The van der Waals surface area contributed by atoms with Gasteiger partial charge in [-0.15, -0.1) is 0 Å². The monoisotopic (exact) mass is 248 g/mol. The van der Waals surface area contributed by atoms with Crippen LogP contribution in [0.5, 0.6) is 0 Å². The molecular weight excluding hydrogens is 235 g/mol. The van der Waals surface area contributed by atoms with Gasteiger partial charge in [0.05, 0.1) is 0 Å². The van der Waals surface area contributed by atoms with Crippen LogP contribution in [-0.4, -0.2) is 27.2 Å². The lowest BCUT2D eigenvalue weighted by molar-refractivity contribution is 0.0946. The number of carbonyl (C=O) groups is 1. The molecule has 0 aliphatic heterocycles. The van der Waals surface area contributed by atoms with E-state index < -0.39 is 5.95 Å². The number of carbonyl (C=O) groups excluding carboxylic acids is 1. The summed E-state index contributed by atoms with van der Waals surface area (Å²) in [6, 6.07) is 5.98. The van der Waals surface area contributed by atoms with E-state index in [0.29, 0.717) is 6.54 Å². The van der Waals surface area contributed by atoms with Crippen molar-refractivity contribution in [1.82, 2.24) is 20.1 Å². The Balaban J connectivity index is 1.75. The van der Waals surface area contributed by atoms with Gasteiger partial charge in [0, 0.05) is 25.5 Å². The van der Waals surface area contributed by atoms with Crippen LogP contribution in [0.4, 0.5) is 4.39 Å². The lowest BCUT2D eigenvalue weighted by Gasteiger charge is -2.04. The second-order valence-electron chi connectivity index (χ2n) is 3.72. The van der Waals surface area contributed by atoms with Crippen molar-refractivity contribution in [3.8, 4) is 0 Å². The average molecular weight is 248 g/mol. The summed E-state index contributed by atoms with van der Waals surface area (Å²) in [6.45, 7) is 1.22. The highest BCUT2D eigenvalue weighted by atomic mass is 19.1. The van der Waals surface area contributed by atoms with Gasteiger partial charge in [0.1, 0.15) is 5.69 Å². The van der Waals surface area contributed by atoms with E-state index in [9.17, 15) is 9.18 Å². The number of rotatable bonds is 5. The molecule has 0 aliphatic rings. The Kier molecular flexibility index (Phi) is 4.01. The molecule has 2 aromatic heterocycles. The number of pyridine rings is 1. The number of amides is 1. The quantitative estimate of drug-likeness (QED) is 0.639. The molecule has 0 radical (unpaired) electrons. The average Bonchev–Trinajstić information content (AvgIpc) is 2.87. The van der Waals surface area contributed by atoms with Crippen LogP contribution in [0.15, 0.2) is 36.7 Å². The van der Waals surface area contributed by atoms with Crippen LogP contribution < -0.4 is 5.32 Å². The van der Waals surface area contributed by atoms with Crippen molar-refractivity contribution in [3.63, 3.8) is 0 Å². The van der Waals surface area contributed by atoms with Crippen LogP contribution in [0.2, 0.25) is 0 Å². The van der Waals surface area contributed by atoms with E-state index in [1.54, 1.807) is 10.9 Å². The fraction of sp³-hybridized carbons (Fsp3) is 0.250. The maximum Gasteiger partial charge on any atom is 0.269 e. The van der Waals surface area contributed by atoms with Gasteiger partial charge in [0.25, 0.3) is 5.91 Å². The summed E-state index contributed by atoms with van der Waals surface area (Å²) in [7, 11) is 0. The van der Waals surface area contributed by atoms with E-state index in [1.165, 1.54) is 18.2 Å². The van der Waals surface area contributed by atoms with Gasteiger partial charge in [-0.05, 0) is 24.6 Å². The molecule has 6 heteroatoms. The first kappa shape index (κ1) is 12.2. The third-order valence-electron chi connectivity index (χ3n) is 2.36. The first-order valence-corrected chi connectivity index (χ1v) is 5.64. The van der Waals surface area contributed by atoms with Crippen LogP contribution in [-0.2, 0) is 6.54 Å². The van der Waals surface area contributed by atoms with Crippen molar-refractivity contribution in [1.29, 1.82) is 0 Å². The van der Waals surface area contributed by atoms with Crippen LogP contribution in [0.1, 0.15) is 16.9 Å². The minimum absolute atomic E-state index is 0.0917. The summed E-state index contributed by atoms with van der Waals surface area (Å²) in [6.07, 6.45) is 4.31. The molecule has 0 unspecified atom stereocenters. The molecule has 2 rings (SSSR count). The summed E-state index contributed by atoms with van der Waals surface area (Å²) in [5.41, 5.74) is 0.0917. The third kappa shape index (κ3) is 3.38. The Bertz CT molecular complexity index is 513. The zero-order valence-electron chi connectivity index (χ0n) is 9.71. The molecule has 2 aromatic rings. The van der Waals surface area contributed by atoms with Crippen LogP contribution >= 0.6 is 0 Å². The second-order valence-corrected chi connectivity index (χ2v) is 3.72. The van der Waals surface area contributed by atoms with Gasteiger partial charge in [-0.3, -0.25) is 9.48 Å². The molecule has 2 heterocycles. The van der Waals surface area contributed by atoms with Crippen molar-refractivity contribution in [2.24, 2.45) is 0 Å². The van der Waals surface area contributed by atoms with Crippen LogP contribution in [0, 0.1) is 5.95 Å². The second kappa shape index (κ2) is 5.90. The number of nitrogens with zero attached hydrogens (tertiary/aromatic N) is 3. The van der Waals surface area contributed by atoms with E-state index in [4.69, 9.17) is 0 Å². The number of aromatic nitrogens is 3. The molecule has 0 saturated carbocycles. The van der Waals surface area contributed by atoms with Gasteiger partial charge in [-0.2, -0.15) is 9.49 Å². The highest BCUT2D eigenvalue weighted by molar-refractivity contribution is 5.92. The Hall–Kier alpha value is -2.24. The lowest BCUT2D eigenvalue weighted by Crippen LogP contribution is -2.26. The summed E-state index contributed by atoms with van der Waals surface area (Å²) < 4.78 is 14.6. The topological polar surface area (TPSA) is 59.8 Å². The van der Waals surface area contributed by atoms with Crippen molar-refractivity contribution < 1.29 is 9.18 Å². The number of halogens is 1. The lowest BCUT2D eigenvalue weighted by atomic mass is 10.3. The molecule has 0 aliphatic carbocycles. The summed E-state index contributed by atoms with van der Waals surface area (Å²) >= 11 is 0. The summed E-state index contributed by atoms with van der Waals surface area (Å²) in [5.74, 6) is -1.02. The third-order valence-corrected chi connectivity index (χ3v) is 2.36. The van der Waals surface area contributed by atoms with Gasteiger partial charge in [0.15, 0.2) is 0 Å². The van der Waals surface area contributed by atoms with E-state index in [-0.39, 0.29) is 11.6 Å². The summed E-state index contributed by atoms with van der Waals surface area (Å²) in [5, 5.41) is 6.72. The zero-order valence-corrected chi connectivity index (χ0v) is 9.71. The SMILES string of the molecule is O=C(NCCCn1cccn1)c1cccc(F)n1. The predicted molar refractivity (Wildman–Crippen MR) is 63.4 cm³/mol. The van der Waals surface area contributed by atoms with Crippen molar-refractivity contribution in [2.75, 3.05) is 6.54 Å². The van der Waals surface area contributed by atoms with Crippen LogP contribution in [0.3, 0.4) is 0 Å². The Morgan fingerprint density at radius 2 is 2.28 bits per heavy atom. The molecule has 0 spiro atoms. The molecule has 0 saturated heterocycles. The van der Waals surface area contributed by atoms with Gasteiger partial charge < -0.3 is 5.32 Å². The van der Waals surface area contributed by atoms with Gasteiger partial charge in [-0.1, -0.05) is 6.07 Å². The van der Waals surface area contributed by atoms with Gasteiger partial charge in [-0.25, -0.2) is 4.98 Å². The smallest absolute Gasteiger partial charge is 0.269 e. The number of nitrogens with one attached hydrogen (secondary N) is 1. The Morgan fingerprint density at radius 1 is 1.39 bits per heavy atom.